The fraction of sp³-hybridized carbons (Fsp3) is 0.333. The Morgan fingerprint density at radius 3 is 2.77 bits per heavy atom. The Kier molecular flexibility index (Phi) is 4.31. The number of rotatable bonds is 4. The standard InChI is InChI=1S/C15H16ClN3O2S/c1-9(16)15(20)17-14-12-7-22-8-13(12)18-19(14)10-3-5-11(21-2)6-4-10/h3-6,9H,7-8H2,1-2H3,(H,17,20)/t9-/m1/s1. The lowest BCUT2D eigenvalue weighted by Crippen LogP contribution is -2.22. The highest BCUT2D eigenvalue weighted by Crippen LogP contribution is 2.36. The van der Waals surface area contributed by atoms with Crippen molar-refractivity contribution >= 4 is 35.1 Å². The second kappa shape index (κ2) is 6.22. The number of hydrogen-bond donors (Lipinski definition) is 1. The first-order valence-electron chi connectivity index (χ1n) is 6.88. The first-order chi connectivity index (χ1) is 10.6. The zero-order valence-corrected chi connectivity index (χ0v) is 13.9. The fourth-order valence-corrected chi connectivity index (χ4v) is 3.36. The minimum atomic E-state index is -0.594. The molecule has 116 valence electrons. The number of anilines is 1. The van der Waals surface area contributed by atoms with Crippen molar-refractivity contribution in [3.05, 3.63) is 35.5 Å². The molecule has 0 saturated heterocycles. The summed E-state index contributed by atoms with van der Waals surface area (Å²) in [5, 5.41) is 6.93. The van der Waals surface area contributed by atoms with Gasteiger partial charge in [0, 0.05) is 17.1 Å². The number of ether oxygens (including phenoxy) is 1. The number of hydrogen-bond acceptors (Lipinski definition) is 4. The molecule has 0 bridgehead atoms. The van der Waals surface area contributed by atoms with Gasteiger partial charge in [-0.1, -0.05) is 0 Å². The van der Waals surface area contributed by atoms with Crippen LogP contribution in [-0.2, 0) is 16.3 Å². The number of methoxy groups -OCH3 is 1. The normalized spacial score (nSPS) is 14.5. The molecule has 2 heterocycles. The Bertz CT molecular complexity index is 698. The van der Waals surface area contributed by atoms with Gasteiger partial charge >= 0.3 is 0 Å². The molecule has 3 rings (SSSR count). The molecule has 0 unspecified atom stereocenters. The molecule has 0 aliphatic carbocycles. The number of fused-ring (bicyclic) bond motifs is 1. The number of amides is 1. The van der Waals surface area contributed by atoms with Gasteiger partial charge in [0.1, 0.15) is 16.9 Å². The monoisotopic (exact) mass is 337 g/mol. The molecule has 7 heteroatoms. The topological polar surface area (TPSA) is 56.1 Å². The van der Waals surface area contributed by atoms with E-state index in [4.69, 9.17) is 16.3 Å². The molecular weight excluding hydrogens is 322 g/mol. The molecule has 1 N–H and O–H groups in total. The van der Waals surface area contributed by atoms with E-state index >= 15 is 0 Å². The van der Waals surface area contributed by atoms with Crippen LogP contribution in [0.4, 0.5) is 5.82 Å². The van der Waals surface area contributed by atoms with Gasteiger partial charge in [-0.25, -0.2) is 4.68 Å². The molecular formula is C15H16ClN3O2S. The van der Waals surface area contributed by atoms with Crippen molar-refractivity contribution in [2.75, 3.05) is 12.4 Å². The van der Waals surface area contributed by atoms with Crippen molar-refractivity contribution < 1.29 is 9.53 Å². The minimum Gasteiger partial charge on any atom is -0.497 e. The van der Waals surface area contributed by atoms with E-state index in [2.05, 4.69) is 10.4 Å². The Labute approximate surface area is 138 Å². The lowest BCUT2D eigenvalue weighted by molar-refractivity contribution is -0.115. The Morgan fingerprint density at radius 2 is 2.14 bits per heavy atom. The smallest absolute Gasteiger partial charge is 0.243 e. The second-order valence-corrected chi connectivity index (χ2v) is 6.62. The molecule has 1 atom stereocenters. The van der Waals surface area contributed by atoms with Crippen LogP contribution in [0.3, 0.4) is 0 Å². The summed E-state index contributed by atoms with van der Waals surface area (Å²) in [5.41, 5.74) is 2.96. The first kappa shape index (κ1) is 15.2. The van der Waals surface area contributed by atoms with Crippen molar-refractivity contribution in [3.63, 3.8) is 0 Å². The van der Waals surface area contributed by atoms with Crippen molar-refractivity contribution in [1.82, 2.24) is 9.78 Å². The van der Waals surface area contributed by atoms with Gasteiger partial charge in [-0.05, 0) is 31.2 Å². The van der Waals surface area contributed by atoms with Crippen LogP contribution in [0.15, 0.2) is 24.3 Å². The van der Waals surface area contributed by atoms with Crippen LogP contribution in [0.5, 0.6) is 5.75 Å². The van der Waals surface area contributed by atoms with Crippen LogP contribution < -0.4 is 10.1 Å². The fourth-order valence-electron chi connectivity index (χ4n) is 2.27. The van der Waals surface area contributed by atoms with Gasteiger partial charge in [-0.15, -0.1) is 11.6 Å². The highest BCUT2D eigenvalue weighted by Gasteiger charge is 2.25. The minimum absolute atomic E-state index is 0.226. The molecule has 5 nitrogen and oxygen atoms in total. The molecule has 1 aromatic carbocycles. The molecule has 0 fully saturated rings. The SMILES string of the molecule is COc1ccc(-n2nc3c(c2NC(=O)[C@@H](C)Cl)CSC3)cc1. The summed E-state index contributed by atoms with van der Waals surface area (Å²) >= 11 is 7.66. The highest BCUT2D eigenvalue weighted by molar-refractivity contribution is 7.98. The predicted molar refractivity (Wildman–Crippen MR) is 89.1 cm³/mol. The van der Waals surface area contributed by atoms with Crippen LogP contribution in [0.1, 0.15) is 18.2 Å². The van der Waals surface area contributed by atoms with Gasteiger partial charge < -0.3 is 10.1 Å². The predicted octanol–water partition coefficient (Wildman–Crippen LogP) is 3.19. The average Bonchev–Trinajstić information content (AvgIpc) is 3.10. The third kappa shape index (κ3) is 2.80. The van der Waals surface area contributed by atoms with Crippen molar-refractivity contribution in [1.29, 1.82) is 0 Å². The number of carbonyl (C=O) groups is 1. The summed E-state index contributed by atoms with van der Waals surface area (Å²) in [6.45, 7) is 1.65. The van der Waals surface area contributed by atoms with E-state index in [1.165, 1.54) is 0 Å². The highest BCUT2D eigenvalue weighted by atomic mass is 35.5. The largest absolute Gasteiger partial charge is 0.497 e. The number of nitrogens with zero attached hydrogens (tertiary/aromatic N) is 2. The van der Waals surface area contributed by atoms with Crippen LogP contribution in [0.25, 0.3) is 5.69 Å². The van der Waals surface area contributed by atoms with E-state index in [-0.39, 0.29) is 5.91 Å². The third-order valence-electron chi connectivity index (χ3n) is 3.47. The van der Waals surface area contributed by atoms with E-state index in [0.717, 1.165) is 34.2 Å². The summed E-state index contributed by atoms with van der Waals surface area (Å²) in [6.07, 6.45) is 0. The van der Waals surface area contributed by atoms with Gasteiger partial charge in [0.2, 0.25) is 5.91 Å². The van der Waals surface area contributed by atoms with E-state index < -0.39 is 5.38 Å². The van der Waals surface area contributed by atoms with Crippen molar-refractivity contribution in [2.24, 2.45) is 0 Å². The molecule has 22 heavy (non-hydrogen) atoms. The van der Waals surface area contributed by atoms with Crippen LogP contribution in [0.2, 0.25) is 0 Å². The molecule has 0 radical (unpaired) electrons. The quantitative estimate of drug-likeness (QED) is 0.870. The van der Waals surface area contributed by atoms with Gasteiger partial charge in [0.05, 0.1) is 18.5 Å². The van der Waals surface area contributed by atoms with Gasteiger partial charge in [-0.2, -0.15) is 16.9 Å². The Morgan fingerprint density at radius 1 is 1.41 bits per heavy atom. The Balaban J connectivity index is 2.01. The number of halogens is 1. The number of benzene rings is 1. The van der Waals surface area contributed by atoms with Crippen LogP contribution in [-0.4, -0.2) is 28.2 Å². The lowest BCUT2D eigenvalue weighted by atomic mass is 10.2. The molecule has 0 spiro atoms. The zero-order chi connectivity index (χ0) is 15.7. The molecule has 1 amide bonds. The summed E-state index contributed by atoms with van der Waals surface area (Å²) in [4.78, 5) is 12.0. The van der Waals surface area contributed by atoms with Crippen LogP contribution >= 0.6 is 23.4 Å². The molecule has 1 aromatic heterocycles. The molecule has 2 aromatic rings. The second-order valence-electron chi connectivity index (χ2n) is 4.98. The van der Waals surface area contributed by atoms with Crippen LogP contribution in [0, 0.1) is 0 Å². The van der Waals surface area contributed by atoms with Crippen molar-refractivity contribution in [2.45, 2.75) is 23.8 Å². The van der Waals surface area contributed by atoms with E-state index in [1.807, 2.05) is 24.3 Å². The summed E-state index contributed by atoms with van der Waals surface area (Å²) in [6, 6.07) is 7.56. The first-order valence-corrected chi connectivity index (χ1v) is 8.47. The van der Waals surface area contributed by atoms with Gasteiger partial charge in [0.25, 0.3) is 0 Å². The van der Waals surface area contributed by atoms with Gasteiger partial charge in [-0.3, -0.25) is 4.79 Å². The summed E-state index contributed by atoms with van der Waals surface area (Å²) in [5.74, 6) is 2.97. The maximum Gasteiger partial charge on any atom is 0.243 e. The lowest BCUT2D eigenvalue weighted by Gasteiger charge is -2.12. The van der Waals surface area contributed by atoms with Crippen molar-refractivity contribution in [3.8, 4) is 11.4 Å². The number of carbonyl (C=O) groups excluding carboxylic acids is 1. The number of thioether (sulfide) groups is 1. The number of alkyl halides is 1. The summed E-state index contributed by atoms with van der Waals surface area (Å²) < 4.78 is 6.94. The molecule has 0 saturated carbocycles. The number of nitrogens with one attached hydrogen (secondary N) is 1. The summed E-state index contributed by atoms with van der Waals surface area (Å²) in [7, 11) is 1.63. The van der Waals surface area contributed by atoms with E-state index in [1.54, 1.807) is 30.5 Å². The van der Waals surface area contributed by atoms with Gasteiger partial charge in [0.15, 0.2) is 0 Å². The average molecular weight is 338 g/mol. The van der Waals surface area contributed by atoms with E-state index in [0.29, 0.717) is 5.82 Å². The molecule has 1 aliphatic heterocycles. The third-order valence-corrected chi connectivity index (χ3v) is 4.64. The maximum atomic E-state index is 12.0. The number of aromatic nitrogens is 2. The maximum absolute atomic E-state index is 12.0. The zero-order valence-electron chi connectivity index (χ0n) is 12.3. The Hall–Kier alpha value is -1.66. The molecule has 1 aliphatic rings. The van der Waals surface area contributed by atoms with E-state index in [9.17, 15) is 4.79 Å².